The molecule has 0 fully saturated rings. The molecule has 2 aromatic heterocycles. The lowest BCUT2D eigenvalue weighted by atomic mass is 10.2. The van der Waals surface area contributed by atoms with E-state index in [2.05, 4.69) is 32.5 Å². The minimum absolute atomic E-state index is 0.646. The highest BCUT2D eigenvalue weighted by Crippen LogP contribution is 2.26. The third kappa shape index (κ3) is 3.43. The van der Waals surface area contributed by atoms with Crippen LogP contribution >= 0.6 is 23.1 Å². The van der Waals surface area contributed by atoms with Gasteiger partial charge in [0, 0.05) is 11.1 Å². The van der Waals surface area contributed by atoms with Gasteiger partial charge >= 0.3 is 0 Å². The zero-order valence-corrected chi connectivity index (χ0v) is 12.6. The maximum atomic E-state index is 4.37. The van der Waals surface area contributed by atoms with Gasteiger partial charge < -0.3 is 0 Å². The van der Waals surface area contributed by atoms with Crippen molar-refractivity contribution in [2.75, 3.05) is 0 Å². The van der Waals surface area contributed by atoms with E-state index >= 15 is 0 Å². The van der Waals surface area contributed by atoms with Crippen LogP contribution in [0.5, 0.6) is 0 Å². The van der Waals surface area contributed by atoms with Crippen LogP contribution in [0, 0.1) is 6.92 Å². The van der Waals surface area contributed by atoms with Gasteiger partial charge in [-0.15, -0.1) is 21.5 Å². The van der Waals surface area contributed by atoms with Crippen molar-refractivity contribution >= 4 is 23.1 Å². The lowest BCUT2D eigenvalue weighted by Crippen LogP contribution is -2.05. The Morgan fingerprint density at radius 3 is 2.85 bits per heavy atom. The molecule has 0 aliphatic carbocycles. The first-order valence-electron chi connectivity index (χ1n) is 6.21. The van der Waals surface area contributed by atoms with Gasteiger partial charge in [0.15, 0.2) is 4.34 Å². The summed E-state index contributed by atoms with van der Waals surface area (Å²) in [6, 6.07) is 10.3. The van der Waals surface area contributed by atoms with Gasteiger partial charge in [0.25, 0.3) is 0 Å². The molecule has 0 atom stereocenters. The molecule has 0 saturated carbocycles. The van der Waals surface area contributed by atoms with Crippen LogP contribution in [0.2, 0.25) is 0 Å². The van der Waals surface area contributed by atoms with Crippen molar-refractivity contribution in [2.24, 2.45) is 0 Å². The van der Waals surface area contributed by atoms with E-state index < -0.39 is 0 Å². The molecule has 0 unspecified atom stereocenters. The SMILES string of the molecule is Cc1csc(Sc2nnn(CCc3ccccc3)n2)n1. The second-order valence-corrected chi connectivity index (χ2v) is 6.33. The summed E-state index contributed by atoms with van der Waals surface area (Å²) in [7, 11) is 0. The van der Waals surface area contributed by atoms with Crippen LogP contribution in [0.3, 0.4) is 0 Å². The average Bonchev–Trinajstić information content (AvgIpc) is 3.08. The second kappa shape index (κ2) is 6.15. The van der Waals surface area contributed by atoms with Gasteiger partial charge in [0.05, 0.1) is 6.54 Å². The van der Waals surface area contributed by atoms with E-state index in [0.29, 0.717) is 5.16 Å². The minimum Gasteiger partial charge on any atom is -0.235 e. The molecule has 7 heteroatoms. The Balaban J connectivity index is 1.59. The smallest absolute Gasteiger partial charge is 0.235 e. The number of benzene rings is 1. The summed E-state index contributed by atoms with van der Waals surface area (Å²) in [4.78, 5) is 6.01. The summed E-state index contributed by atoms with van der Waals surface area (Å²) in [5, 5.41) is 15.1. The minimum atomic E-state index is 0.646. The highest BCUT2D eigenvalue weighted by Gasteiger charge is 2.08. The highest BCUT2D eigenvalue weighted by atomic mass is 32.2. The summed E-state index contributed by atoms with van der Waals surface area (Å²) >= 11 is 3.05. The van der Waals surface area contributed by atoms with Crippen molar-refractivity contribution in [1.82, 2.24) is 25.2 Å². The molecule has 3 aromatic rings. The first-order valence-corrected chi connectivity index (χ1v) is 7.91. The van der Waals surface area contributed by atoms with Gasteiger partial charge in [0.2, 0.25) is 5.16 Å². The number of hydrogen-bond acceptors (Lipinski definition) is 6. The number of aromatic nitrogens is 5. The average molecular weight is 303 g/mol. The van der Waals surface area contributed by atoms with Crippen LogP contribution in [0.25, 0.3) is 0 Å². The molecule has 0 bridgehead atoms. The van der Waals surface area contributed by atoms with E-state index in [1.807, 2.05) is 30.5 Å². The van der Waals surface area contributed by atoms with E-state index in [4.69, 9.17) is 0 Å². The first-order chi connectivity index (χ1) is 9.79. The van der Waals surface area contributed by atoms with Crippen LogP contribution < -0.4 is 0 Å². The highest BCUT2D eigenvalue weighted by molar-refractivity contribution is 8.00. The van der Waals surface area contributed by atoms with Crippen LogP contribution in [-0.4, -0.2) is 25.2 Å². The molecule has 1 aromatic carbocycles. The number of hydrogen-bond donors (Lipinski definition) is 0. The molecule has 0 radical (unpaired) electrons. The van der Waals surface area contributed by atoms with Crippen LogP contribution in [0.4, 0.5) is 0 Å². The number of thiazole rings is 1. The Labute approximate surface area is 125 Å². The van der Waals surface area contributed by atoms with E-state index in [-0.39, 0.29) is 0 Å². The number of tetrazole rings is 1. The van der Waals surface area contributed by atoms with Gasteiger partial charge in [-0.05, 0) is 35.9 Å². The molecular weight excluding hydrogens is 290 g/mol. The summed E-state index contributed by atoms with van der Waals surface area (Å²) in [5.41, 5.74) is 2.29. The van der Waals surface area contributed by atoms with Crippen molar-refractivity contribution < 1.29 is 0 Å². The normalized spacial score (nSPS) is 10.8. The lowest BCUT2D eigenvalue weighted by Gasteiger charge is -1.98. The fraction of sp³-hybridized carbons (Fsp3) is 0.231. The molecule has 3 rings (SSSR count). The Morgan fingerprint density at radius 2 is 2.10 bits per heavy atom. The van der Waals surface area contributed by atoms with E-state index in [9.17, 15) is 0 Å². The van der Waals surface area contributed by atoms with Crippen molar-refractivity contribution in [3.8, 4) is 0 Å². The molecule has 0 amide bonds. The molecule has 2 heterocycles. The molecule has 102 valence electrons. The van der Waals surface area contributed by atoms with Crippen molar-refractivity contribution in [3.05, 3.63) is 47.0 Å². The Bertz CT molecular complexity index is 677. The predicted octanol–water partition coefficient (Wildman–Crippen LogP) is 2.83. The zero-order chi connectivity index (χ0) is 13.8. The molecule has 0 N–H and O–H groups in total. The molecule has 20 heavy (non-hydrogen) atoms. The van der Waals surface area contributed by atoms with Gasteiger partial charge in [-0.3, -0.25) is 0 Å². The van der Waals surface area contributed by atoms with Crippen LogP contribution in [0.15, 0.2) is 45.2 Å². The Kier molecular flexibility index (Phi) is 4.08. The molecule has 0 aliphatic heterocycles. The maximum absolute atomic E-state index is 4.37. The third-order valence-corrected chi connectivity index (χ3v) is 4.56. The topological polar surface area (TPSA) is 56.5 Å². The number of nitrogens with zero attached hydrogens (tertiary/aromatic N) is 5. The van der Waals surface area contributed by atoms with Gasteiger partial charge in [-0.2, -0.15) is 4.80 Å². The van der Waals surface area contributed by atoms with Crippen molar-refractivity contribution in [1.29, 1.82) is 0 Å². The largest absolute Gasteiger partial charge is 0.238 e. The molecule has 5 nitrogen and oxygen atoms in total. The molecule has 0 saturated heterocycles. The summed E-state index contributed by atoms with van der Waals surface area (Å²) < 4.78 is 0.949. The zero-order valence-electron chi connectivity index (χ0n) is 10.9. The Morgan fingerprint density at radius 1 is 1.25 bits per heavy atom. The summed E-state index contributed by atoms with van der Waals surface area (Å²) in [5.74, 6) is 0. The van der Waals surface area contributed by atoms with Gasteiger partial charge in [-0.25, -0.2) is 4.98 Å². The fourth-order valence-electron chi connectivity index (χ4n) is 1.70. The lowest BCUT2D eigenvalue weighted by molar-refractivity contribution is 0.519. The predicted molar refractivity (Wildman–Crippen MR) is 78.9 cm³/mol. The first kappa shape index (κ1) is 13.3. The molecule has 0 spiro atoms. The fourth-order valence-corrected chi connectivity index (χ4v) is 3.33. The monoisotopic (exact) mass is 303 g/mol. The maximum Gasteiger partial charge on any atom is 0.238 e. The van der Waals surface area contributed by atoms with E-state index in [1.54, 1.807) is 16.1 Å². The van der Waals surface area contributed by atoms with Crippen molar-refractivity contribution in [3.63, 3.8) is 0 Å². The van der Waals surface area contributed by atoms with E-state index in [0.717, 1.165) is 23.0 Å². The quantitative estimate of drug-likeness (QED) is 0.725. The second-order valence-electron chi connectivity index (χ2n) is 4.26. The van der Waals surface area contributed by atoms with E-state index in [1.165, 1.54) is 17.3 Å². The molecular formula is C13H13N5S2. The number of rotatable bonds is 5. The number of aryl methyl sites for hydroxylation is 3. The van der Waals surface area contributed by atoms with Crippen LogP contribution in [-0.2, 0) is 13.0 Å². The van der Waals surface area contributed by atoms with Crippen LogP contribution in [0.1, 0.15) is 11.3 Å². The third-order valence-electron chi connectivity index (χ3n) is 2.65. The standard InChI is InChI=1S/C13H13N5S2/c1-10-9-19-13(14-10)20-12-15-17-18(16-12)8-7-11-5-3-2-4-6-11/h2-6,9H,7-8H2,1H3. The molecule has 0 aliphatic rings. The van der Waals surface area contributed by atoms with Gasteiger partial charge in [-0.1, -0.05) is 30.3 Å². The Hall–Kier alpha value is -1.73. The van der Waals surface area contributed by atoms with Gasteiger partial charge in [0.1, 0.15) is 0 Å². The summed E-state index contributed by atoms with van der Waals surface area (Å²) in [6.45, 7) is 2.71. The van der Waals surface area contributed by atoms with Crippen molar-refractivity contribution in [2.45, 2.75) is 29.4 Å². The summed E-state index contributed by atoms with van der Waals surface area (Å²) in [6.07, 6.45) is 0.900.